The van der Waals surface area contributed by atoms with Gasteiger partial charge < -0.3 is 25.0 Å². The van der Waals surface area contributed by atoms with Crippen molar-refractivity contribution >= 4 is 34.5 Å². The van der Waals surface area contributed by atoms with Gasteiger partial charge in [0, 0.05) is 37.9 Å². The van der Waals surface area contributed by atoms with Crippen molar-refractivity contribution in [2.75, 3.05) is 43.4 Å². The summed E-state index contributed by atoms with van der Waals surface area (Å²) in [5.41, 5.74) is 2.38. The first kappa shape index (κ1) is 22.3. The topological polar surface area (TPSA) is 109 Å². The van der Waals surface area contributed by atoms with Crippen molar-refractivity contribution in [2.45, 2.75) is 44.8 Å². The third-order valence-electron chi connectivity index (χ3n) is 6.57. The van der Waals surface area contributed by atoms with E-state index in [-0.39, 0.29) is 18.0 Å². The Balaban J connectivity index is 1.44. The van der Waals surface area contributed by atoms with Crippen LogP contribution < -0.4 is 15.5 Å². The predicted octanol–water partition coefficient (Wildman–Crippen LogP) is 2.10. The average molecular weight is 465 g/mol. The van der Waals surface area contributed by atoms with Gasteiger partial charge in [-0.25, -0.2) is 4.98 Å². The molecule has 2 fully saturated rings. The van der Waals surface area contributed by atoms with Gasteiger partial charge in [-0.1, -0.05) is 6.58 Å². The number of likely N-dealkylation sites (N-methyl/N-ethyl adjacent to an activating group) is 1. The monoisotopic (exact) mass is 464 g/mol. The summed E-state index contributed by atoms with van der Waals surface area (Å²) in [6, 6.07) is 0.633. The van der Waals surface area contributed by atoms with Gasteiger partial charge in [-0.2, -0.15) is 15.1 Å². The van der Waals surface area contributed by atoms with Gasteiger partial charge in [0.2, 0.25) is 11.9 Å². The van der Waals surface area contributed by atoms with Crippen molar-refractivity contribution in [2.24, 2.45) is 0 Å². The Kier molecular flexibility index (Phi) is 5.94. The highest BCUT2D eigenvalue weighted by atomic mass is 16.1. The Morgan fingerprint density at radius 2 is 2.09 bits per heavy atom. The van der Waals surface area contributed by atoms with Gasteiger partial charge in [0.1, 0.15) is 0 Å². The van der Waals surface area contributed by atoms with Crippen LogP contribution in [-0.2, 0) is 4.79 Å². The fourth-order valence-corrected chi connectivity index (χ4v) is 4.70. The molecule has 2 atom stereocenters. The lowest BCUT2D eigenvalue weighted by Gasteiger charge is -2.18. The van der Waals surface area contributed by atoms with Crippen LogP contribution in [0.3, 0.4) is 0 Å². The number of nitrogens with zero attached hydrogens (tertiary/aromatic N) is 8. The van der Waals surface area contributed by atoms with Gasteiger partial charge >= 0.3 is 0 Å². The molecule has 0 bridgehead atoms. The number of hydrogen-bond acceptors (Lipinski definition) is 8. The van der Waals surface area contributed by atoms with E-state index in [1.807, 2.05) is 23.4 Å². The van der Waals surface area contributed by atoms with Gasteiger partial charge in [-0.15, -0.1) is 0 Å². The molecule has 0 spiro atoms. The lowest BCUT2D eigenvalue weighted by molar-refractivity contribution is -0.117. The molecule has 3 aromatic heterocycles. The second kappa shape index (κ2) is 9.05. The summed E-state index contributed by atoms with van der Waals surface area (Å²) in [5, 5.41) is 11.0. The normalized spacial score (nSPS) is 21.0. The smallest absolute Gasteiger partial charge is 0.243 e. The first-order chi connectivity index (χ1) is 16.4. The van der Waals surface area contributed by atoms with Crippen molar-refractivity contribution in [3.63, 3.8) is 0 Å². The number of anilines is 3. The molecule has 5 rings (SSSR count). The summed E-state index contributed by atoms with van der Waals surface area (Å²) in [7, 11) is 2.14. The summed E-state index contributed by atoms with van der Waals surface area (Å²) >= 11 is 0. The number of carbonyl (C=O) groups excluding carboxylic acids is 1. The molecular weight excluding hydrogens is 432 g/mol. The maximum atomic E-state index is 11.7. The number of likely N-dealkylation sites (tertiary alicyclic amines) is 1. The van der Waals surface area contributed by atoms with E-state index in [4.69, 9.17) is 9.97 Å². The molecule has 0 unspecified atom stereocenters. The minimum atomic E-state index is -0.158. The van der Waals surface area contributed by atoms with Gasteiger partial charge in [-0.05, 0) is 46.4 Å². The number of amides is 1. The van der Waals surface area contributed by atoms with Crippen LogP contribution in [0.15, 0.2) is 31.4 Å². The van der Waals surface area contributed by atoms with E-state index in [1.54, 1.807) is 0 Å². The quantitative estimate of drug-likeness (QED) is 0.512. The molecule has 180 valence electrons. The molecule has 2 saturated heterocycles. The molecule has 2 aliphatic rings. The van der Waals surface area contributed by atoms with E-state index in [9.17, 15) is 4.79 Å². The second-order valence-electron chi connectivity index (χ2n) is 9.47. The fraction of sp³-hybridized carbons (Fsp3) is 0.522. The third-order valence-corrected chi connectivity index (χ3v) is 6.57. The number of imidazole rings is 1. The van der Waals surface area contributed by atoms with E-state index in [1.165, 1.54) is 6.08 Å². The molecular formula is C23H32N10O. The molecule has 0 saturated carbocycles. The van der Waals surface area contributed by atoms with Crippen LogP contribution in [0.2, 0.25) is 0 Å². The third kappa shape index (κ3) is 4.35. The van der Waals surface area contributed by atoms with Gasteiger partial charge in [0.25, 0.3) is 0 Å². The number of rotatable bonds is 7. The molecule has 2 aliphatic heterocycles. The summed E-state index contributed by atoms with van der Waals surface area (Å²) in [5.74, 6) is 1.12. The van der Waals surface area contributed by atoms with E-state index >= 15 is 0 Å². The van der Waals surface area contributed by atoms with Crippen LogP contribution in [0.4, 0.5) is 17.5 Å². The average Bonchev–Trinajstić information content (AvgIpc) is 3.60. The summed E-state index contributed by atoms with van der Waals surface area (Å²) in [6.07, 6.45) is 8.91. The summed E-state index contributed by atoms with van der Waals surface area (Å²) in [6.45, 7) is 11.2. The predicted molar refractivity (Wildman–Crippen MR) is 131 cm³/mol. The Morgan fingerprint density at radius 1 is 1.24 bits per heavy atom. The van der Waals surface area contributed by atoms with Crippen molar-refractivity contribution in [1.82, 2.24) is 39.5 Å². The van der Waals surface area contributed by atoms with Crippen molar-refractivity contribution in [3.05, 3.63) is 31.4 Å². The van der Waals surface area contributed by atoms with Crippen LogP contribution in [-0.4, -0.2) is 79.4 Å². The van der Waals surface area contributed by atoms with Gasteiger partial charge in [0.15, 0.2) is 17.0 Å². The number of nitrogens with one attached hydrogen (secondary N) is 2. The largest absolute Gasteiger partial charge is 0.348 e. The molecule has 5 heterocycles. The Hall–Kier alpha value is -3.47. The Morgan fingerprint density at radius 3 is 2.82 bits per heavy atom. The number of carbonyl (C=O) groups is 1. The zero-order valence-corrected chi connectivity index (χ0v) is 20.0. The van der Waals surface area contributed by atoms with Crippen molar-refractivity contribution in [1.29, 1.82) is 0 Å². The first-order valence-electron chi connectivity index (χ1n) is 11.8. The highest BCUT2D eigenvalue weighted by molar-refractivity contribution is 5.87. The van der Waals surface area contributed by atoms with Crippen molar-refractivity contribution in [3.8, 4) is 0 Å². The van der Waals surface area contributed by atoms with Crippen LogP contribution in [0, 0.1) is 0 Å². The molecule has 0 radical (unpaired) electrons. The molecule has 3 aromatic rings. The van der Waals surface area contributed by atoms with E-state index < -0.39 is 0 Å². The number of fused-ring (bicyclic) bond motifs is 1. The maximum Gasteiger partial charge on any atom is 0.243 e. The Bertz CT molecular complexity index is 1200. The van der Waals surface area contributed by atoms with Crippen molar-refractivity contribution < 1.29 is 4.79 Å². The number of hydrogen-bond donors (Lipinski definition) is 2. The fourth-order valence-electron chi connectivity index (χ4n) is 4.70. The van der Waals surface area contributed by atoms with Crippen LogP contribution >= 0.6 is 0 Å². The standard InChI is InChI=1S/C23H32N10O/c1-5-19(34)26-16-6-9-31(11-16)23-28-21(20-22(29-23)32(14-24-20)15(2)3)27-17-10-25-33(12-17)18-7-8-30(4)13-18/h5,10,12,14-16,18H,1,6-9,11,13H2,2-4H3,(H,26,34)(H,27,28,29)/t16-,18-/m0/s1. The zero-order chi connectivity index (χ0) is 23.8. The molecule has 0 aromatic carbocycles. The maximum absolute atomic E-state index is 11.7. The molecule has 0 aliphatic carbocycles. The Labute approximate surface area is 198 Å². The van der Waals surface area contributed by atoms with Crippen LogP contribution in [0.25, 0.3) is 11.2 Å². The summed E-state index contributed by atoms with van der Waals surface area (Å²) < 4.78 is 4.09. The SMILES string of the molecule is C=CC(=O)N[C@H]1CCN(c2nc(Nc3cnn([C@H]4CCN(C)C4)c3)c3ncn(C(C)C)c3n2)C1. The van der Waals surface area contributed by atoms with Gasteiger partial charge in [0.05, 0.1) is 24.3 Å². The van der Waals surface area contributed by atoms with Crippen LogP contribution in [0.5, 0.6) is 0 Å². The molecule has 11 heteroatoms. The van der Waals surface area contributed by atoms with E-state index in [0.29, 0.717) is 24.4 Å². The summed E-state index contributed by atoms with van der Waals surface area (Å²) in [4.78, 5) is 30.5. The van der Waals surface area contributed by atoms with Crippen LogP contribution in [0.1, 0.15) is 38.8 Å². The first-order valence-corrected chi connectivity index (χ1v) is 11.8. The zero-order valence-electron chi connectivity index (χ0n) is 20.0. The van der Waals surface area contributed by atoms with E-state index in [2.05, 4.69) is 62.6 Å². The van der Waals surface area contributed by atoms with Gasteiger partial charge in [-0.3, -0.25) is 9.48 Å². The lowest BCUT2D eigenvalue weighted by atomic mass is 10.2. The minimum Gasteiger partial charge on any atom is -0.348 e. The van der Waals surface area contributed by atoms with E-state index in [0.717, 1.165) is 49.3 Å². The molecule has 2 N–H and O–H groups in total. The molecule has 34 heavy (non-hydrogen) atoms. The highest BCUT2D eigenvalue weighted by Gasteiger charge is 2.27. The molecule has 11 nitrogen and oxygen atoms in total. The highest BCUT2D eigenvalue weighted by Crippen LogP contribution is 2.29. The molecule has 1 amide bonds. The lowest BCUT2D eigenvalue weighted by Crippen LogP contribution is -2.36. The number of aromatic nitrogens is 6. The second-order valence-corrected chi connectivity index (χ2v) is 9.47. The minimum absolute atomic E-state index is 0.0407.